The smallest absolute Gasteiger partial charge is 0.253 e. The SMILES string of the molecule is NC(=O)c1ccc(NC(=O)C(Cc2c[nH]c3ccccc23)NC(=O)c2ccccc2Cl)cc1. The van der Waals surface area contributed by atoms with Crippen molar-refractivity contribution in [2.45, 2.75) is 12.5 Å². The quantitative estimate of drug-likeness (QED) is 0.335. The summed E-state index contributed by atoms with van der Waals surface area (Å²) in [6.07, 6.45) is 2.08. The summed E-state index contributed by atoms with van der Waals surface area (Å²) < 4.78 is 0. The molecule has 3 amide bonds. The van der Waals surface area contributed by atoms with E-state index in [4.69, 9.17) is 17.3 Å². The zero-order valence-electron chi connectivity index (χ0n) is 17.5. The van der Waals surface area contributed by atoms with Gasteiger partial charge in [0.1, 0.15) is 6.04 Å². The lowest BCUT2D eigenvalue weighted by Gasteiger charge is -2.19. The van der Waals surface area contributed by atoms with Crippen LogP contribution in [0.5, 0.6) is 0 Å². The van der Waals surface area contributed by atoms with Crippen LogP contribution in [-0.4, -0.2) is 28.7 Å². The molecule has 4 rings (SSSR count). The molecule has 0 aliphatic carbocycles. The van der Waals surface area contributed by atoms with Crippen molar-refractivity contribution in [1.82, 2.24) is 10.3 Å². The van der Waals surface area contributed by atoms with E-state index in [2.05, 4.69) is 15.6 Å². The second-order valence-electron chi connectivity index (χ2n) is 7.50. The number of benzene rings is 3. The summed E-state index contributed by atoms with van der Waals surface area (Å²) in [7, 11) is 0. The summed E-state index contributed by atoms with van der Waals surface area (Å²) in [5.41, 5.74) is 8.17. The van der Waals surface area contributed by atoms with Crippen molar-refractivity contribution in [3.05, 3.63) is 101 Å². The lowest BCUT2D eigenvalue weighted by molar-refractivity contribution is -0.118. The monoisotopic (exact) mass is 460 g/mol. The van der Waals surface area contributed by atoms with Crippen molar-refractivity contribution in [2.75, 3.05) is 5.32 Å². The summed E-state index contributed by atoms with van der Waals surface area (Å²) in [5, 5.41) is 6.86. The van der Waals surface area contributed by atoms with Crippen LogP contribution in [0.4, 0.5) is 5.69 Å². The number of para-hydroxylation sites is 1. The molecule has 4 aromatic rings. The van der Waals surface area contributed by atoms with Gasteiger partial charge >= 0.3 is 0 Å². The normalized spacial score (nSPS) is 11.7. The second kappa shape index (κ2) is 9.58. The molecule has 3 aromatic carbocycles. The highest BCUT2D eigenvalue weighted by atomic mass is 35.5. The number of nitrogens with two attached hydrogens (primary N) is 1. The van der Waals surface area contributed by atoms with E-state index in [0.29, 0.717) is 16.3 Å². The first kappa shape index (κ1) is 22.1. The first-order valence-corrected chi connectivity index (χ1v) is 10.6. The number of aromatic nitrogens is 1. The van der Waals surface area contributed by atoms with Crippen molar-refractivity contribution in [2.24, 2.45) is 5.73 Å². The van der Waals surface area contributed by atoms with E-state index in [1.165, 1.54) is 12.1 Å². The number of carbonyl (C=O) groups excluding carboxylic acids is 3. The predicted molar refractivity (Wildman–Crippen MR) is 128 cm³/mol. The van der Waals surface area contributed by atoms with Crippen LogP contribution in [0.2, 0.25) is 5.02 Å². The van der Waals surface area contributed by atoms with Crippen LogP contribution in [-0.2, 0) is 11.2 Å². The van der Waals surface area contributed by atoms with Crippen LogP contribution in [0.1, 0.15) is 26.3 Å². The Bertz CT molecular complexity index is 1330. The third-order valence-corrected chi connectivity index (χ3v) is 5.61. The Morgan fingerprint density at radius 3 is 2.36 bits per heavy atom. The molecule has 7 nitrogen and oxygen atoms in total. The summed E-state index contributed by atoms with van der Waals surface area (Å²) in [4.78, 5) is 40.6. The molecule has 0 radical (unpaired) electrons. The number of hydrogen-bond donors (Lipinski definition) is 4. The van der Waals surface area contributed by atoms with Gasteiger partial charge in [-0.2, -0.15) is 0 Å². The molecule has 1 unspecified atom stereocenters. The predicted octanol–water partition coefficient (Wildman–Crippen LogP) is 3.90. The standard InChI is InChI=1S/C25H21ClN4O3/c26-20-7-3-1-6-19(20)24(32)30-22(13-16-14-28-21-8-4-2-5-18(16)21)25(33)29-17-11-9-15(10-12-17)23(27)31/h1-12,14,22,28H,13H2,(H2,27,31)(H,29,33)(H,30,32). The number of halogens is 1. The number of fused-ring (bicyclic) bond motifs is 1. The van der Waals surface area contributed by atoms with Gasteiger partial charge < -0.3 is 21.4 Å². The number of nitrogens with one attached hydrogen (secondary N) is 3. The summed E-state index contributed by atoms with van der Waals surface area (Å²) >= 11 is 6.17. The van der Waals surface area contributed by atoms with Crippen molar-refractivity contribution in [1.29, 1.82) is 0 Å². The van der Waals surface area contributed by atoms with Gasteiger partial charge in [-0.25, -0.2) is 0 Å². The number of H-pyrrole nitrogens is 1. The van der Waals surface area contributed by atoms with Crippen molar-refractivity contribution in [3.63, 3.8) is 0 Å². The molecule has 8 heteroatoms. The molecule has 0 spiro atoms. The molecular weight excluding hydrogens is 440 g/mol. The number of primary amides is 1. The van der Waals surface area contributed by atoms with Crippen LogP contribution >= 0.6 is 11.6 Å². The van der Waals surface area contributed by atoms with E-state index in [9.17, 15) is 14.4 Å². The van der Waals surface area contributed by atoms with Gasteiger partial charge in [0.15, 0.2) is 0 Å². The molecule has 0 fully saturated rings. The average molecular weight is 461 g/mol. The third kappa shape index (κ3) is 5.05. The lowest BCUT2D eigenvalue weighted by Crippen LogP contribution is -2.45. The van der Waals surface area contributed by atoms with E-state index in [1.54, 1.807) is 36.4 Å². The third-order valence-electron chi connectivity index (χ3n) is 5.28. The van der Waals surface area contributed by atoms with Gasteiger partial charge in [0.05, 0.1) is 10.6 Å². The average Bonchev–Trinajstić information content (AvgIpc) is 3.22. The fourth-order valence-corrected chi connectivity index (χ4v) is 3.78. The molecule has 5 N–H and O–H groups in total. The second-order valence-corrected chi connectivity index (χ2v) is 7.91. The molecule has 0 bridgehead atoms. The largest absolute Gasteiger partial charge is 0.366 e. The Kier molecular flexibility index (Phi) is 6.42. The Hall–Kier alpha value is -4.10. The van der Waals surface area contributed by atoms with E-state index in [0.717, 1.165) is 16.5 Å². The van der Waals surface area contributed by atoms with E-state index in [1.807, 2.05) is 30.5 Å². The minimum absolute atomic E-state index is 0.255. The number of rotatable bonds is 7. The van der Waals surface area contributed by atoms with Gasteiger partial charge in [0.25, 0.3) is 5.91 Å². The van der Waals surface area contributed by atoms with Crippen LogP contribution in [0.25, 0.3) is 10.9 Å². The number of carbonyl (C=O) groups is 3. The van der Waals surface area contributed by atoms with Gasteiger partial charge in [-0.3, -0.25) is 14.4 Å². The first-order valence-electron chi connectivity index (χ1n) is 10.2. The molecule has 33 heavy (non-hydrogen) atoms. The number of aromatic amines is 1. The van der Waals surface area contributed by atoms with Crippen molar-refractivity contribution in [3.8, 4) is 0 Å². The Labute approximate surface area is 194 Å². The fraction of sp³-hybridized carbons (Fsp3) is 0.0800. The fourth-order valence-electron chi connectivity index (χ4n) is 3.56. The number of anilines is 1. The minimum Gasteiger partial charge on any atom is -0.366 e. The summed E-state index contributed by atoms with van der Waals surface area (Å²) in [6, 6.07) is 19.7. The van der Waals surface area contributed by atoms with E-state index < -0.39 is 23.8 Å². The highest BCUT2D eigenvalue weighted by molar-refractivity contribution is 6.33. The highest BCUT2D eigenvalue weighted by Crippen LogP contribution is 2.21. The maximum atomic E-state index is 13.2. The zero-order chi connectivity index (χ0) is 23.4. The zero-order valence-corrected chi connectivity index (χ0v) is 18.2. The lowest BCUT2D eigenvalue weighted by atomic mass is 10.0. The maximum Gasteiger partial charge on any atom is 0.253 e. The van der Waals surface area contributed by atoms with Crippen LogP contribution in [0, 0.1) is 0 Å². The highest BCUT2D eigenvalue weighted by Gasteiger charge is 2.24. The molecule has 1 heterocycles. The molecule has 1 atom stereocenters. The Morgan fingerprint density at radius 1 is 0.939 bits per heavy atom. The molecule has 0 aliphatic heterocycles. The summed E-state index contributed by atoms with van der Waals surface area (Å²) in [6.45, 7) is 0. The topological polar surface area (TPSA) is 117 Å². The molecule has 0 aliphatic rings. The molecule has 0 saturated heterocycles. The van der Waals surface area contributed by atoms with Gasteiger partial charge in [0.2, 0.25) is 11.8 Å². The van der Waals surface area contributed by atoms with Crippen molar-refractivity contribution >= 4 is 45.9 Å². The number of hydrogen-bond acceptors (Lipinski definition) is 3. The van der Waals surface area contributed by atoms with Crippen LogP contribution in [0.3, 0.4) is 0 Å². The van der Waals surface area contributed by atoms with Crippen molar-refractivity contribution < 1.29 is 14.4 Å². The van der Waals surface area contributed by atoms with Gasteiger partial charge in [0, 0.05) is 34.8 Å². The molecule has 166 valence electrons. The molecule has 0 saturated carbocycles. The van der Waals surface area contributed by atoms with Crippen LogP contribution < -0.4 is 16.4 Å². The van der Waals surface area contributed by atoms with E-state index >= 15 is 0 Å². The van der Waals surface area contributed by atoms with Gasteiger partial charge in [-0.05, 0) is 48.0 Å². The number of amides is 3. The summed E-state index contributed by atoms with van der Waals surface area (Å²) in [5.74, 6) is -1.42. The first-order chi connectivity index (χ1) is 15.9. The maximum absolute atomic E-state index is 13.2. The van der Waals surface area contributed by atoms with Gasteiger partial charge in [-0.1, -0.05) is 41.9 Å². The van der Waals surface area contributed by atoms with Gasteiger partial charge in [-0.15, -0.1) is 0 Å². The molecule has 1 aromatic heterocycles. The van der Waals surface area contributed by atoms with E-state index in [-0.39, 0.29) is 12.0 Å². The van der Waals surface area contributed by atoms with Crippen LogP contribution in [0.15, 0.2) is 79.0 Å². The Morgan fingerprint density at radius 2 is 1.64 bits per heavy atom. The molecular formula is C25H21ClN4O3. The Balaban J connectivity index is 1.59. The minimum atomic E-state index is -0.885.